The van der Waals surface area contributed by atoms with Gasteiger partial charge in [0, 0.05) is 36.0 Å². The average molecular weight is 534 g/mol. The molecule has 200 valence electrons. The number of carbonyl (C=O) groups excluding carboxylic acids is 1. The monoisotopic (exact) mass is 533 g/mol. The molecule has 1 saturated heterocycles. The Morgan fingerprint density at radius 2 is 2.00 bits per heavy atom. The first kappa shape index (κ1) is 24.1. The van der Waals surface area contributed by atoms with Crippen molar-refractivity contribution in [1.29, 1.82) is 0 Å². The summed E-state index contributed by atoms with van der Waals surface area (Å²) in [5.41, 5.74) is 6.06. The number of aromatic amines is 2. The predicted molar refractivity (Wildman–Crippen MR) is 151 cm³/mol. The number of imidazole rings is 2. The van der Waals surface area contributed by atoms with E-state index in [1.165, 1.54) is 0 Å². The first-order chi connectivity index (χ1) is 19.6. The Morgan fingerprint density at radius 1 is 1.10 bits per heavy atom. The van der Waals surface area contributed by atoms with Crippen molar-refractivity contribution in [2.45, 2.75) is 26.2 Å². The van der Waals surface area contributed by atoms with E-state index in [-0.39, 0.29) is 5.91 Å². The number of amides is 1. The molecular formula is C28H27N11O. The molecule has 0 unspecified atom stereocenters. The number of aromatic nitrogens is 9. The maximum absolute atomic E-state index is 12.7. The van der Waals surface area contributed by atoms with Crippen molar-refractivity contribution >= 4 is 33.5 Å². The molecule has 12 nitrogen and oxygen atoms in total. The molecule has 1 aliphatic rings. The smallest absolute Gasteiger partial charge is 0.224 e. The third-order valence-electron chi connectivity index (χ3n) is 7.26. The number of piperidine rings is 1. The largest absolute Gasteiger partial charge is 0.336 e. The molecule has 0 aromatic carbocycles. The van der Waals surface area contributed by atoms with Gasteiger partial charge in [0.25, 0.3) is 0 Å². The van der Waals surface area contributed by atoms with Crippen molar-refractivity contribution in [3.63, 3.8) is 0 Å². The number of nitrogens with one attached hydrogen (secondary N) is 4. The van der Waals surface area contributed by atoms with E-state index in [9.17, 15) is 4.79 Å². The van der Waals surface area contributed by atoms with Crippen LogP contribution >= 0.6 is 0 Å². The molecule has 0 radical (unpaired) electrons. The molecule has 0 bridgehead atoms. The Bertz CT molecular complexity index is 1840. The number of pyridine rings is 3. The van der Waals surface area contributed by atoms with E-state index in [1.807, 2.05) is 35.9 Å². The number of anilines is 1. The minimum Gasteiger partial charge on any atom is -0.336 e. The maximum Gasteiger partial charge on any atom is 0.224 e. The second-order valence-electron chi connectivity index (χ2n) is 10.1. The van der Waals surface area contributed by atoms with Crippen LogP contribution in [0.1, 0.15) is 25.0 Å². The number of carbonyl (C=O) groups is 1. The molecule has 0 spiro atoms. The number of nitrogens with zero attached hydrogens (tertiary/aromatic N) is 7. The van der Waals surface area contributed by atoms with Crippen LogP contribution in [-0.2, 0) is 4.79 Å². The fourth-order valence-electron chi connectivity index (χ4n) is 5.22. The van der Waals surface area contributed by atoms with Gasteiger partial charge in [-0.15, -0.1) is 0 Å². The lowest BCUT2D eigenvalue weighted by molar-refractivity contribution is -0.117. The van der Waals surface area contributed by atoms with Crippen LogP contribution in [0.4, 0.5) is 5.69 Å². The molecule has 1 fully saturated rings. The van der Waals surface area contributed by atoms with Crippen LogP contribution < -0.4 is 10.6 Å². The highest BCUT2D eigenvalue weighted by molar-refractivity contribution is 5.96. The summed E-state index contributed by atoms with van der Waals surface area (Å²) in [5.74, 6) is 1.72. The Kier molecular flexibility index (Phi) is 6.00. The highest BCUT2D eigenvalue weighted by Gasteiger charge is 2.19. The minimum atomic E-state index is 0.0102. The van der Waals surface area contributed by atoms with Crippen molar-refractivity contribution in [1.82, 2.24) is 50.0 Å². The second kappa shape index (κ2) is 9.97. The van der Waals surface area contributed by atoms with Gasteiger partial charge in [-0.1, -0.05) is 0 Å². The van der Waals surface area contributed by atoms with Crippen molar-refractivity contribution in [3.05, 3.63) is 61.2 Å². The Hall–Kier alpha value is -4.97. The van der Waals surface area contributed by atoms with Crippen molar-refractivity contribution in [3.8, 4) is 28.6 Å². The summed E-state index contributed by atoms with van der Waals surface area (Å²) in [5, 5.41) is 14.8. The molecule has 6 aromatic heterocycles. The average Bonchev–Trinajstić information content (AvgIpc) is 3.71. The molecule has 1 aliphatic heterocycles. The van der Waals surface area contributed by atoms with E-state index in [2.05, 4.69) is 45.8 Å². The van der Waals surface area contributed by atoms with Gasteiger partial charge in [0.1, 0.15) is 17.5 Å². The summed E-state index contributed by atoms with van der Waals surface area (Å²) >= 11 is 0. The molecule has 1 amide bonds. The van der Waals surface area contributed by atoms with E-state index in [1.54, 1.807) is 31.1 Å². The van der Waals surface area contributed by atoms with Crippen LogP contribution in [0.3, 0.4) is 0 Å². The Labute approximate surface area is 228 Å². The number of rotatable bonds is 6. The van der Waals surface area contributed by atoms with E-state index < -0.39 is 0 Å². The van der Waals surface area contributed by atoms with E-state index in [4.69, 9.17) is 4.98 Å². The van der Waals surface area contributed by atoms with Gasteiger partial charge in [-0.05, 0) is 57.0 Å². The maximum atomic E-state index is 12.7. The van der Waals surface area contributed by atoms with Gasteiger partial charge >= 0.3 is 0 Å². The molecule has 7 rings (SSSR count). The van der Waals surface area contributed by atoms with Crippen LogP contribution in [0, 0.1) is 12.8 Å². The summed E-state index contributed by atoms with van der Waals surface area (Å²) in [6.45, 7) is 3.87. The molecule has 12 heteroatoms. The number of aryl methyl sites for hydroxylation is 1. The summed E-state index contributed by atoms with van der Waals surface area (Å²) in [6, 6.07) is 5.74. The molecule has 4 N–H and O–H groups in total. The van der Waals surface area contributed by atoms with E-state index in [0.29, 0.717) is 41.1 Å². The predicted octanol–water partition coefficient (Wildman–Crippen LogP) is 3.78. The van der Waals surface area contributed by atoms with Crippen molar-refractivity contribution in [2.24, 2.45) is 5.92 Å². The number of H-pyrrole nitrogens is 2. The molecule has 0 saturated carbocycles. The fraction of sp³-hybridized carbons (Fsp3) is 0.250. The number of hydrogen-bond donors (Lipinski definition) is 4. The summed E-state index contributed by atoms with van der Waals surface area (Å²) < 4.78 is 1.86. The van der Waals surface area contributed by atoms with E-state index in [0.717, 1.165) is 59.1 Å². The molecule has 0 atom stereocenters. The lowest BCUT2D eigenvalue weighted by Crippen LogP contribution is -2.30. The van der Waals surface area contributed by atoms with Gasteiger partial charge in [-0.3, -0.25) is 24.4 Å². The van der Waals surface area contributed by atoms with Gasteiger partial charge in [-0.2, -0.15) is 5.10 Å². The number of hydrogen-bond acceptors (Lipinski definition) is 8. The first-order valence-electron chi connectivity index (χ1n) is 13.3. The van der Waals surface area contributed by atoms with Gasteiger partial charge in [0.05, 0.1) is 40.5 Å². The zero-order chi connectivity index (χ0) is 27.1. The van der Waals surface area contributed by atoms with Gasteiger partial charge < -0.3 is 15.6 Å². The molecule has 6 aromatic rings. The minimum absolute atomic E-state index is 0.0102. The SMILES string of the molecule is Cc1cn(-c2nccc3[nH]c(-c4n[nH]c5cnc(-c6cncc(NC(=O)CC7CCNCC7)c6)cc45)nc23)cn1. The standard InChI is InChI=1S/C28H27N11O/c1-16-14-39(15-33-16)28-26-21(4-7-31-28)35-27(36-26)25-20-10-22(32-13-23(20)37-38-25)18-9-19(12-30-11-18)34-24(40)8-17-2-5-29-6-3-17/h4,7,9-15,17,29H,2-3,5-6,8H2,1H3,(H,34,40)(H,35,36)(H,37,38). The Morgan fingerprint density at radius 3 is 2.85 bits per heavy atom. The molecular weight excluding hydrogens is 506 g/mol. The van der Waals surface area contributed by atoms with Crippen LogP contribution in [0.5, 0.6) is 0 Å². The zero-order valence-electron chi connectivity index (χ0n) is 21.8. The van der Waals surface area contributed by atoms with Gasteiger partial charge in [0.2, 0.25) is 5.91 Å². The number of fused-ring (bicyclic) bond motifs is 2. The summed E-state index contributed by atoms with van der Waals surface area (Å²) in [4.78, 5) is 38.7. The van der Waals surface area contributed by atoms with Crippen LogP contribution in [-0.4, -0.2) is 63.7 Å². The van der Waals surface area contributed by atoms with E-state index >= 15 is 0 Å². The highest BCUT2D eigenvalue weighted by atomic mass is 16.1. The molecule has 0 aliphatic carbocycles. The quantitative estimate of drug-likeness (QED) is 0.252. The lowest BCUT2D eigenvalue weighted by Gasteiger charge is -2.21. The lowest BCUT2D eigenvalue weighted by atomic mass is 9.94. The van der Waals surface area contributed by atoms with Crippen LogP contribution in [0.15, 0.2) is 55.5 Å². The fourth-order valence-corrected chi connectivity index (χ4v) is 5.22. The molecule has 40 heavy (non-hydrogen) atoms. The van der Waals surface area contributed by atoms with Crippen molar-refractivity contribution < 1.29 is 4.79 Å². The third-order valence-corrected chi connectivity index (χ3v) is 7.26. The normalized spacial score (nSPS) is 14.2. The second-order valence-corrected chi connectivity index (χ2v) is 10.1. The topological polar surface area (TPSA) is 155 Å². The van der Waals surface area contributed by atoms with Crippen LogP contribution in [0.25, 0.3) is 50.5 Å². The highest BCUT2D eigenvalue weighted by Crippen LogP contribution is 2.30. The summed E-state index contributed by atoms with van der Waals surface area (Å²) in [7, 11) is 0. The van der Waals surface area contributed by atoms with Crippen molar-refractivity contribution in [2.75, 3.05) is 18.4 Å². The summed E-state index contributed by atoms with van der Waals surface area (Å²) in [6.07, 6.45) is 13.1. The first-order valence-corrected chi connectivity index (χ1v) is 13.3. The third kappa shape index (κ3) is 4.58. The van der Waals surface area contributed by atoms with Gasteiger partial charge in [-0.25, -0.2) is 15.0 Å². The van der Waals surface area contributed by atoms with Crippen LogP contribution in [0.2, 0.25) is 0 Å². The Balaban J connectivity index is 1.19. The molecule has 7 heterocycles. The van der Waals surface area contributed by atoms with Gasteiger partial charge in [0.15, 0.2) is 11.6 Å². The zero-order valence-corrected chi connectivity index (χ0v) is 21.8.